The summed E-state index contributed by atoms with van der Waals surface area (Å²) in [5.41, 5.74) is 9.88. The maximum Gasteiger partial charge on any atom is 0.197 e. The predicted octanol–water partition coefficient (Wildman–Crippen LogP) is 6.78. The Bertz CT molecular complexity index is 1920. The minimum atomic E-state index is -0.543. The molecule has 3 heteroatoms. The van der Waals surface area contributed by atoms with Gasteiger partial charge in [0.15, 0.2) is 5.43 Å². The fourth-order valence-corrected chi connectivity index (χ4v) is 6.76. The lowest BCUT2D eigenvalue weighted by atomic mass is 9.66. The van der Waals surface area contributed by atoms with E-state index in [9.17, 15) is 4.79 Å². The van der Waals surface area contributed by atoms with E-state index in [0.717, 1.165) is 45.2 Å². The van der Waals surface area contributed by atoms with Crippen LogP contribution in [0.25, 0.3) is 38.8 Å². The van der Waals surface area contributed by atoms with Gasteiger partial charge in [-0.1, -0.05) is 79.7 Å². The van der Waals surface area contributed by atoms with E-state index in [-0.39, 0.29) is 5.43 Å². The summed E-state index contributed by atoms with van der Waals surface area (Å²) in [6.07, 6.45) is 2.77. The number of aromatic nitrogens is 2. The van der Waals surface area contributed by atoms with Crippen molar-refractivity contribution in [3.05, 3.63) is 141 Å². The minimum absolute atomic E-state index is 0.0786. The van der Waals surface area contributed by atoms with Crippen molar-refractivity contribution < 1.29 is 0 Å². The lowest BCUT2D eigenvalue weighted by Crippen LogP contribution is -2.35. The number of aryl methyl sites for hydroxylation is 1. The summed E-state index contributed by atoms with van der Waals surface area (Å²) in [5.74, 6) is 0.894. The summed E-state index contributed by atoms with van der Waals surface area (Å²) in [6.45, 7) is 2.15. The smallest absolute Gasteiger partial charge is 0.197 e. The van der Waals surface area contributed by atoms with Crippen LogP contribution in [0.5, 0.6) is 0 Å². The second kappa shape index (κ2) is 6.79. The molecule has 0 fully saturated rings. The third-order valence-corrected chi connectivity index (χ3v) is 8.22. The molecule has 0 bridgehead atoms. The van der Waals surface area contributed by atoms with Gasteiger partial charge in [0.25, 0.3) is 0 Å². The number of rotatable bonds is 1. The van der Waals surface area contributed by atoms with E-state index in [4.69, 9.17) is 4.98 Å². The Labute approximate surface area is 208 Å². The van der Waals surface area contributed by atoms with Crippen LogP contribution in [-0.4, -0.2) is 9.55 Å². The number of nitrogens with zero attached hydrogens (tertiary/aromatic N) is 2. The molecule has 0 saturated heterocycles. The highest BCUT2D eigenvalue weighted by Crippen LogP contribution is 2.59. The van der Waals surface area contributed by atoms with E-state index in [0.29, 0.717) is 0 Å². The Balaban J connectivity index is 1.69. The minimum Gasteiger partial charge on any atom is -0.293 e. The Kier molecular flexibility index (Phi) is 3.73. The molecule has 1 spiro atoms. The first-order valence-electron chi connectivity index (χ1n) is 12.5. The Hall–Kier alpha value is -4.50. The molecule has 0 radical (unpaired) electrons. The highest BCUT2D eigenvalue weighted by Gasteiger charge is 2.50. The molecule has 4 aromatic carbocycles. The van der Waals surface area contributed by atoms with E-state index in [1.54, 1.807) is 0 Å². The van der Waals surface area contributed by atoms with Crippen LogP contribution in [0.15, 0.2) is 108 Å². The summed E-state index contributed by atoms with van der Waals surface area (Å²) in [5, 5.41) is 1.47. The first-order chi connectivity index (χ1) is 17.7. The van der Waals surface area contributed by atoms with Crippen molar-refractivity contribution in [2.45, 2.75) is 18.8 Å². The van der Waals surface area contributed by atoms with Crippen molar-refractivity contribution in [2.24, 2.45) is 0 Å². The van der Waals surface area contributed by atoms with Crippen LogP contribution in [0, 0.1) is 0 Å². The molecule has 1 aliphatic carbocycles. The van der Waals surface area contributed by atoms with E-state index in [1.807, 2.05) is 30.5 Å². The highest BCUT2D eigenvalue weighted by atomic mass is 16.1. The summed E-state index contributed by atoms with van der Waals surface area (Å²) in [6, 6.07) is 34.1. The Morgan fingerprint density at radius 3 is 2.17 bits per heavy atom. The van der Waals surface area contributed by atoms with Crippen LogP contribution in [0.2, 0.25) is 0 Å². The number of para-hydroxylation sites is 1. The molecular weight excluding hydrogens is 440 g/mol. The molecule has 170 valence electrons. The van der Waals surface area contributed by atoms with Crippen LogP contribution in [0.1, 0.15) is 34.7 Å². The van der Waals surface area contributed by atoms with Crippen LogP contribution in [0.4, 0.5) is 0 Å². The standard InChI is InChI=1S/C33H22N2O/c1-2-20-16-17-23-29(19-20)35-30-24(31(23)36)11-7-14-27(30)33(28-15-8-18-34-32(28)35)25-12-5-3-9-21(25)22-10-4-6-13-26(22)33/h3-19H,2H2,1H3. The van der Waals surface area contributed by atoms with Gasteiger partial charge in [0, 0.05) is 22.5 Å². The number of benzene rings is 4. The summed E-state index contributed by atoms with van der Waals surface area (Å²) in [4.78, 5) is 18.9. The van der Waals surface area contributed by atoms with Gasteiger partial charge < -0.3 is 0 Å². The molecule has 0 amide bonds. The monoisotopic (exact) mass is 462 g/mol. The first-order valence-corrected chi connectivity index (χ1v) is 12.5. The predicted molar refractivity (Wildman–Crippen MR) is 145 cm³/mol. The van der Waals surface area contributed by atoms with E-state index in [2.05, 4.69) is 84.3 Å². The molecule has 6 aromatic rings. The Morgan fingerprint density at radius 2 is 1.42 bits per heavy atom. The third-order valence-electron chi connectivity index (χ3n) is 8.22. The van der Waals surface area contributed by atoms with Gasteiger partial charge in [-0.3, -0.25) is 9.36 Å². The lowest BCUT2D eigenvalue weighted by molar-refractivity contribution is 0.736. The number of fused-ring (bicyclic) bond motifs is 11. The number of hydrogen-bond acceptors (Lipinski definition) is 2. The van der Waals surface area contributed by atoms with Gasteiger partial charge in [0.2, 0.25) is 0 Å². The summed E-state index contributed by atoms with van der Waals surface area (Å²) in [7, 11) is 0. The largest absolute Gasteiger partial charge is 0.293 e. The zero-order chi connectivity index (χ0) is 24.0. The van der Waals surface area contributed by atoms with E-state index in [1.165, 1.54) is 27.8 Å². The Morgan fingerprint density at radius 1 is 0.722 bits per heavy atom. The van der Waals surface area contributed by atoms with Crippen molar-refractivity contribution in [2.75, 3.05) is 0 Å². The van der Waals surface area contributed by atoms with Crippen molar-refractivity contribution >= 4 is 21.8 Å². The SMILES string of the molecule is CCc1ccc2c(=O)c3cccc4c3n(c2c1)-c1ncccc1C41c2ccccc2-c2ccccc21. The second-order valence-electron chi connectivity index (χ2n) is 9.79. The maximum absolute atomic E-state index is 13.9. The van der Waals surface area contributed by atoms with Gasteiger partial charge in [-0.2, -0.15) is 0 Å². The molecule has 3 heterocycles. The van der Waals surface area contributed by atoms with E-state index < -0.39 is 5.41 Å². The average Bonchev–Trinajstić information content (AvgIpc) is 3.23. The molecule has 2 aromatic heterocycles. The topological polar surface area (TPSA) is 34.9 Å². The van der Waals surface area contributed by atoms with Crippen LogP contribution < -0.4 is 5.43 Å². The van der Waals surface area contributed by atoms with Gasteiger partial charge in [0.05, 0.1) is 16.4 Å². The molecular formula is C33H22N2O. The van der Waals surface area contributed by atoms with Crippen molar-refractivity contribution in [3.8, 4) is 16.9 Å². The molecule has 1 aliphatic heterocycles. The average molecular weight is 463 g/mol. The van der Waals surface area contributed by atoms with E-state index >= 15 is 0 Å². The van der Waals surface area contributed by atoms with Gasteiger partial charge in [-0.25, -0.2) is 4.98 Å². The third kappa shape index (κ3) is 2.15. The van der Waals surface area contributed by atoms with Gasteiger partial charge in [-0.05, 0) is 64.1 Å². The molecule has 3 nitrogen and oxygen atoms in total. The maximum atomic E-state index is 13.9. The van der Waals surface area contributed by atoms with Crippen molar-refractivity contribution in [1.82, 2.24) is 9.55 Å². The van der Waals surface area contributed by atoms with Crippen LogP contribution in [0.3, 0.4) is 0 Å². The highest BCUT2D eigenvalue weighted by molar-refractivity contribution is 6.02. The second-order valence-corrected chi connectivity index (χ2v) is 9.79. The zero-order valence-corrected chi connectivity index (χ0v) is 19.8. The quantitative estimate of drug-likeness (QED) is 0.252. The first kappa shape index (κ1) is 19.8. The molecule has 0 atom stereocenters. The zero-order valence-electron chi connectivity index (χ0n) is 19.8. The van der Waals surface area contributed by atoms with Crippen molar-refractivity contribution in [3.63, 3.8) is 0 Å². The molecule has 36 heavy (non-hydrogen) atoms. The fraction of sp³-hybridized carbons (Fsp3) is 0.0909. The molecule has 0 N–H and O–H groups in total. The number of hydrogen-bond donors (Lipinski definition) is 0. The van der Waals surface area contributed by atoms with Gasteiger partial charge in [0.1, 0.15) is 5.82 Å². The normalized spacial score (nSPS) is 14.1. The van der Waals surface area contributed by atoms with Crippen LogP contribution >= 0.6 is 0 Å². The van der Waals surface area contributed by atoms with Gasteiger partial charge in [-0.15, -0.1) is 0 Å². The summed E-state index contributed by atoms with van der Waals surface area (Å²) < 4.78 is 2.24. The molecule has 0 unspecified atom stereocenters. The summed E-state index contributed by atoms with van der Waals surface area (Å²) >= 11 is 0. The number of pyridine rings is 2. The van der Waals surface area contributed by atoms with Gasteiger partial charge >= 0.3 is 0 Å². The van der Waals surface area contributed by atoms with Crippen molar-refractivity contribution in [1.29, 1.82) is 0 Å². The molecule has 0 saturated carbocycles. The van der Waals surface area contributed by atoms with Crippen LogP contribution in [-0.2, 0) is 11.8 Å². The molecule has 8 rings (SSSR count). The fourth-order valence-electron chi connectivity index (χ4n) is 6.76. The molecule has 2 aliphatic rings. The lowest BCUT2D eigenvalue weighted by Gasteiger charge is -2.40.